The first-order valence-electron chi connectivity index (χ1n) is 8.92. The van der Waals surface area contributed by atoms with Crippen molar-refractivity contribution in [2.45, 2.75) is 18.7 Å². The van der Waals surface area contributed by atoms with Crippen LogP contribution in [0.5, 0.6) is 0 Å². The lowest BCUT2D eigenvalue weighted by Crippen LogP contribution is -2.17. The molecule has 1 heterocycles. The highest BCUT2D eigenvalue weighted by Gasteiger charge is 2.18. The number of rotatable bonds is 4. The van der Waals surface area contributed by atoms with Gasteiger partial charge in [0.05, 0.1) is 11.3 Å². The molecule has 144 valence electrons. The molecule has 1 N–H and O–H groups in total. The van der Waals surface area contributed by atoms with Gasteiger partial charge in [-0.25, -0.2) is 0 Å². The SMILES string of the molecule is Cc1cc(C(=O)Nc2ccccc2SC(=O)N(C)C)c(C)n1-c1ccccc1. The van der Waals surface area contributed by atoms with Crippen molar-refractivity contribution in [2.75, 3.05) is 19.4 Å². The molecule has 0 fully saturated rings. The molecular formula is C22H23N3O2S. The second-order valence-electron chi connectivity index (χ2n) is 6.67. The number of para-hydroxylation sites is 2. The number of nitrogens with zero attached hydrogens (tertiary/aromatic N) is 2. The summed E-state index contributed by atoms with van der Waals surface area (Å²) in [6.07, 6.45) is 0. The van der Waals surface area contributed by atoms with E-state index in [-0.39, 0.29) is 11.1 Å². The van der Waals surface area contributed by atoms with Gasteiger partial charge in [-0.15, -0.1) is 0 Å². The summed E-state index contributed by atoms with van der Waals surface area (Å²) >= 11 is 1.09. The maximum atomic E-state index is 13.0. The zero-order valence-electron chi connectivity index (χ0n) is 16.4. The number of benzene rings is 2. The van der Waals surface area contributed by atoms with E-state index in [1.807, 2.05) is 68.4 Å². The van der Waals surface area contributed by atoms with Gasteiger partial charge in [0.15, 0.2) is 0 Å². The van der Waals surface area contributed by atoms with Crippen molar-refractivity contribution in [3.05, 3.63) is 77.6 Å². The number of aromatic nitrogens is 1. The number of thioether (sulfide) groups is 1. The molecule has 5 nitrogen and oxygen atoms in total. The van der Waals surface area contributed by atoms with Crippen molar-refractivity contribution in [1.82, 2.24) is 9.47 Å². The number of nitrogens with one attached hydrogen (secondary N) is 1. The van der Waals surface area contributed by atoms with Gasteiger partial charge in [0.2, 0.25) is 0 Å². The van der Waals surface area contributed by atoms with Gasteiger partial charge in [-0.05, 0) is 55.9 Å². The molecule has 3 rings (SSSR count). The summed E-state index contributed by atoms with van der Waals surface area (Å²) < 4.78 is 2.06. The van der Waals surface area contributed by atoms with Crippen molar-refractivity contribution >= 4 is 28.6 Å². The van der Waals surface area contributed by atoms with E-state index in [0.29, 0.717) is 16.1 Å². The summed E-state index contributed by atoms with van der Waals surface area (Å²) in [5, 5.41) is 2.87. The van der Waals surface area contributed by atoms with E-state index in [0.717, 1.165) is 28.8 Å². The second-order valence-corrected chi connectivity index (χ2v) is 7.66. The number of aryl methyl sites for hydroxylation is 1. The number of hydrogen-bond acceptors (Lipinski definition) is 3. The summed E-state index contributed by atoms with van der Waals surface area (Å²) in [6.45, 7) is 3.92. The molecule has 0 unspecified atom stereocenters. The minimum Gasteiger partial charge on any atom is -0.339 e. The van der Waals surface area contributed by atoms with E-state index in [2.05, 4.69) is 9.88 Å². The molecule has 0 bridgehead atoms. The fourth-order valence-corrected chi connectivity index (χ4v) is 3.75. The Morgan fingerprint density at radius 1 is 0.964 bits per heavy atom. The Labute approximate surface area is 169 Å². The van der Waals surface area contributed by atoms with E-state index in [4.69, 9.17) is 0 Å². The molecule has 0 aliphatic carbocycles. The van der Waals surface area contributed by atoms with Crippen LogP contribution in [0.3, 0.4) is 0 Å². The third-order valence-corrected chi connectivity index (χ3v) is 5.50. The first-order chi connectivity index (χ1) is 13.4. The third kappa shape index (κ3) is 4.12. The zero-order chi connectivity index (χ0) is 20.3. The number of carbonyl (C=O) groups is 2. The van der Waals surface area contributed by atoms with Gasteiger partial charge in [0, 0.05) is 36.1 Å². The lowest BCUT2D eigenvalue weighted by Gasteiger charge is -2.13. The van der Waals surface area contributed by atoms with E-state index in [1.54, 1.807) is 20.2 Å². The highest BCUT2D eigenvalue weighted by molar-refractivity contribution is 8.13. The first kappa shape index (κ1) is 19.8. The molecule has 0 aliphatic rings. The van der Waals surface area contributed by atoms with Gasteiger partial charge >= 0.3 is 0 Å². The molecule has 0 atom stereocenters. The number of anilines is 1. The largest absolute Gasteiger partial charge is 0.339 e. The fraction of sp³-hybridized carbons (Fsp3) is 0.182. The van der Waals surface area contributed by atoms with Crippen LogP contribution >= 0.6 is 11.8 Å². The minimum atomic E-state index is -0.194. The molecule has 3 aromatic rings. The average Bonchev–Trinajstić information content (AvgIpc) is 2.98. The van der Waals surface area contributed by atoms with Crippen LogP contribution in [0, 0.1) is 13.8 Å². The Kier molecular flexibility index (Phi) is 5.90. The molecule has 0 saturated heterocycles. The smallest absolute Gasteiger partial charge is 0.286 e. The maximum absolute atomic E-state index is 13.0. The maximum Gasteiger partial charge on any atom is 0.286 e. The van der Waals surface area contributed by atoms with Crippen LogP contribution in [0.2, 0.25) is 0 Å². The van der Waals surface area contributed by atoms with Gasteiger partial charge < -0.3 is 14.8 Å². The van der Waals surface area contributed by atoms with E-state index in [9.17, 15) is 9.59 Å². The highest BCUT2D eigenvalue weighted by atomic mass is 32.2. The average molecular weight is 394 g/mol. The fourth-order valence-electron chi connectivity index (χ4n) is 3.00. The van der Waals surface area contributed by atoms with Crippen molar-refractivity contribution in [2.24, 2.45) is 0 Å². The number of carbonyl (C=O) groups excluding carboxylic acids is 2. The normalized spacial score (nSPS) is 10.6. The summed E-state index contributed by atoms with van der Waals surface area (Å²) in [7, 11) is 3.41. The van der Waals surface area contributed by atoms with Crippen LogP contribution in [0.4, 0.5) is 10.5 Å². The van der Waals surface area contributed by atoms with Gasteiger partial charge in [-0.3, -0.25) is 9.59 Å². The molecule has 1 aromatic heterocycles. The standard InChI is InChI=1S/C22H23N3O2S/c1-15-14-18(16(2)25(15)17-10-6-5-7-11-17)21(26)23-19-12-8-9-13-20(19)28-22(27)24(3)4/h5-14H,1-4H3,(H,23,26). The van der Waals surface area contributed by atoms with Crippen LogP contribution < -0.4 is 5.32 Å². The Morgan fingerprint density at radius 2 is 1.61 bits per heavy atom. The monoisotopic (exact) mass is 393 g/mol. The Balaban J connectivity index is 1.88. The van der Waals surface area contributed by atoms with Gasteiger partial charge in [0.25, 0.3) is 11.1 Å². The van der Waals surface area contributed by atoms with E-state index < -0.39 is 0 Å². The molecule has 2 aromatic carbocycles. The predicted octanol–water partition coefficient (Wildman–Crippen LogP) is 5.12. The Morgan fingerprint density at radius 3 is 2.29 bits per heavy atom. The topological polar surface area (TPSA) is 54.3 Å². The van der Waals surface area contributed by atoms with Gasteiger partial charge in [-0.2, -0.15) is 0 Å². The van der Waals surface area contributed by atoms with Crippen molar-refractivity contribution in [3.8, 4) is 5.69 Å². The van der Waals surface area contributed by atoms with Crippen molar-refractivity contribution in [1.29, 1.82) is 0 Å². The molecule has 6 heteroatoms. The molecule has 2 amide bonds. The van der Waals surface area contributed by atoms with Crippen LogP contribution in [-0.4, -0.2) is 34.7 Å². The van der Waals surface area contributed by atoms with Crippen LogP contribution in [0.25, 0.3) is 5.69 Å². The third-order valence-electron chi connectivity index (χ3n) is 4.39. The molecular weight excluding hydrogens is 370 g/mol. The van der Waals surface area contributed by atoms with Gasteiger partial charge in [-0.1, -0.05) is 30.3 Å². The molecule has 28 heavy (non-hydrogen) atoms. The highest BCUT2D eigenvalue weighted by Crippen LogP contribution is 2.29. The lowest BCUT2D eigenvalue weighted by molar-refractivity contribution is 0.102. The summed E-state index contributed by atoms with van der Waals surface area (Å²) in [6, 6.07) is 19.2. The molecule has 0 aliphatic heterocycles. The molecule has 0 radical (unpaired) electrons. The van der Waals surface area contributed by atoms with Crippen LogP contribution in [0.15, 0.2) is 65.6 Å². The Hall–Kier alpha value is -2.99. The molecule has 0 saturated carbocycles. The zero-order valence-corrected chi connectivity index (χ0v) is 17.2. The quantitative estimate of drug-likeness (QED) is 0.626. The van der Waals surface area contributed by atoms with Crippen molar-refractivity contribution in [3.63, 3.8) is 0 Å². The first-order valence-corrected chi connectivity index (χ1v) is 9.74. The summed E-state index contributed by atoms with van der Waals surface area (Å²) in [5.74, 6) is -0.194. The van der Waals surface area contributed by atoms with Gasteiger partial charge in [0.1, 0.15) is 0 Å². The summed E-state index contributed by atoms with van der Waals surface area (Å²) in [5.41, 5.74) is 4.11. The minimum absolute atomic E-state index is 0.0936. The Bertz CT molecular complexity index is 1010. The van der Waals surface area contributed by atoms with Crippen LogP contribution in [-0.2, 0) is 0 Å². The van der Waals surface area contributed by atoms with E-state index in [1.165, 1.54) is 4.90 Å². The van der Waals surface area contributed by atoms with E-state index >= 15 is 0 Å². The lowest BCUT2D eigenvalue weighted by atomic mass is 10.2. The molecule has 0 spiro atoms. The summed E-state index contributed by atoms with van der Waals surface area (Å²) in [4.78, 5) is 27.3. The van der Waals surface area contributed by atoms with Crippen molar-refractivity contribution < 1.29 is 9.59 Å². The number of hydrogen-bond donors (Lipinski definition) is 1. The van der Waals surface area contributed by atoms with Crippen LogP contribution in [0.1, 0.15) is 21.7 Å². The predicted molar refractivity (Wildman–Crippen MR) is 115 cm³/mol. The second kappa shape index (κ2) is 8.35. The number of amides is 2.